The van der Waals surface area contributed by atoms with Crippen molar-refractivity contribution in [1.29, 1.82) is 0 Å². The Balaban J connectivity index is 4.32. The Morgan fingerprint density at radius 2 is 2.88 bits per heavy atom. The molecule has 0 heterocycles. The Hall–Kier alpha value is -0.530. The van der Waals surface area contributed by atoms with E-state index in [-0.39, 0.29) is 0 Å². The second kappa shape index (κ2) is 3.47. The minimum Gasteiger partial charge on any atom is -0.481 e. The van der Waals surface area contributed by atoms with Gasteiger partial charge in [-0.25, -0.2) is 0 Å². The van der Waals surface area contributed by atoms with E-state index in [4.69, 9.17) is 12.0 Å². The van der Waals surface area contributed by atoms with Gasteiger partial charge in [0.05, 0.1) is 0 Å². The Bertz CT molecular complexity index is 172. The Labute approximate surface area is 56.5 Å². The van der Waals surface area contributed by atoms with Crippen LogP contribution in [0, 0.1) is 5.92 Å². The summed E-state index contributed by atoms with van der Waals surface area (Å²) in [6, 6.07) is 0. The molecule has 0 aliphatic rings. The topological polar surface area (TPSA) is 37.3 Å². The lowest BCUT2D eigenvalue weighted by molar-refractivity contribution is -0.137. The summed E-state index contributed by atoms with van der Waals surface area (Å²) in [7, 11) is 0. The molecule has 0 amide bonds. The van der Waals surface area contributed by atoms with Crippen LogP contribution < -0.4 is 0 Å². The second-order valence-electron chi connectivity index (χ2n) is 1.45. The summed E-state index contributed by atoms with van der Waals surface area (Å²) in [5.74, 6) is -2.27. The van der Waals surface area contributed by atoms with E-state index in [0.717, 1.165) is 0 Å². The van der Waals surface area contributed by atoms with Crippen LogP contribution in [0.2, 0.25) is 0 Å². The molecule has 0 fully saturated rings. The van der Waals surface area contributed by atoms with Crippen molar-refractivity contribution < 1.29 is 16.8 Å². The predicted molar refractivity (Wildman–Crippen MR) is 31.7 cm³/mol. The van der Waals surface area contributed by atoms with Gasteiger partial charge < -0.3 is 5.11 Å². The Morgan fingerprint density at radius 3 is 3.25 bits per heavy atom. The van der Waals surface area contributed by atoms with Crippen LogP contribution in [0.4, 0.5) is 0 Å². The van der Waals surface area contributed by atoms with Gasteiger partial charge in [0, 0.05) is 13.3 Å². The average molecular weight is 121 g/mol. The molecule has 0 unspecified atom stereocenters. The molecule has 2 nitrogen and oxygen atoms in total. The van der Waals surface area contributed by atoms with Crippen molar-refractivity contribution in [3.05, 3.63) is 0 Å². The molecule has 0 saturated heterocycles. The second-order valence-corrected chi connectivity index (χ2v) is 1.45. The molecule has 0 saturated carbocycles. The van der Waals surface area contributed by atoms with E-state index in [1.54, 1.807) is 0 Å². The minimum absolute atomic E-state index is 0.500. The summed E-state index contributed by atoms with van der Waals surface area (Å²) in [5.41, 5.74) is 0. The number of carboxylic acid groups (broad SMARTS) is 1. The molecule has 0 spiro atoms. The van der Waals surface area contributed by atoms with E-state index in [2.05, 4.69) is 0 Å². The van der Waals surface area contributed by atoms with Gasteiger partial charge in [0.1, 0.15) is 0 Å². The van der Waals surface area contributed by atoms with Gasteiger partial charge >= 0.3 is 5.97 Å². The SMILES string of the molecule is [2H]C([2H])[C@H]([2H])[C@@H](CC(=O)O)C([2H])[2H]. The lowest BCUT2D eigenvalue weighted by Gasteiger charge is -2.00. The number of hydrogen-bond donors (Lipinski definition) is 1. The quantitative estimate of drug-likeness (QED) is 0.614. The summed E-state index contributed by atoms with van der Waals surface area (Å²) in [6.07, 6.45) is -1.81. The highest BCUT2D eigenvalue weighted by atomic mass is 16.4. The van der Waals surface area contributed by atoms with Gasteiger partial charge in [-0.3, -0.25) is 4.79 Å². The van der Waals surface area contributed by atoms with Crippen molar-refractivity contribution in [2.24, 2.45) is 5.92 Å². The highest BCUT2D eigenvalue weighted by Crippen LogP contribution is 2.04. The van der Waals surface area contributed by atoms with Gasteiger partial charge in [0.2, 0.25) is 0 Å². The number of aliphatic carboxylic acids is 1. The van der Waals surface area contributed by atoms with Crippen LogP contribution in [0.1, 0.15) is 33.4 Å². The van der Waals surface area contributed by atoms with Crippen LogP contribution in [-0.2, 0) is 4.79 Å². The monoisotopic (exact) mass is 121 g/mol. The van der Waals surface area contributed by atoms with Crippen LogP contribution in [0.25, 0.3) is 0 Å². The van der Waals surface area contributed by atoms with E-state index in [9.17, 15) is 4.79 Å². The van der Waals surface area contributed by atoms with Crippen LogP contribution in [-0.4, -0.2) is 11.1 Å². The minimum atomic E-state index is -1.51. The lowest BCUT2D eigenvalue weighted by atomic mass is 10.1. The molecule has 2 heteroatoms. The third-order valence-electron chi connectivity index (χ3n) is 0.658. The Morgan fingerprint density at radius 1 is 2.12 bits per heavy atom. The van der Waals surface area contributed by atoms with Crippen LogP contribution in [0.3, 0.4) is 0 Å². The molecular formula is C6H12O2. The first-order chi connectivity index (χ1) is 5.86. The van der Waals surface area contributed by atoms with Crippen molar-refractivity contribution in [2.75, 3.05) is 0 Å². The molecule has 0 bridgehead atoms. The van der Waals surface area contributed by atoms with Gasteiger partial charge in [-0.1, -0.05) is 20.1 Å². The summed E-state index contributed by atoms with van der Waals surface area (Å²) >= 11 is 0. The van der Waals surface area contributed by atoms with Gasteiger partial charge in [-0.15, -0.1) is 0 Å². The summed E-state index contributed by atoms with van der Waals surface area (Å²) in [6.45, 7) is -2.99. The number of rotatable bonds is 3. The number of hydrogen-bond acceptors (Lipinski definition) is 1. The fraction of sp³-hybridized carbons (Fsp3) is 0.833. The molecule has 0 rings (SSSR count). The third kappa shape index (κ3) is 3.65. The van der Waals surface area contributed by atoms with Gasteiger partial charge in [-0.2, -0.15) is 0 Å². The molecule has 0 aliphatic heterocycles. The molecule has 0 aromatic heterocycles. The van der Waals surface area contributed by atoms with Crippen molar-refractivity contribution in [3.63, 3.8) is 0 Å². The lowest BCUT2D eigenvalue weighted by Crippen LogP contribution is -2.02. The zero-order valence-electron chi connectivity index (χ0n) is 9.37. The molecular weight excluding hydrogens is 104 g/mol. The highest BCUT2D eigenvalue weighted by molar-refractivity contribution is 5.66. The van der Waals surface area contributed by atoms with Crippen LogP contribution in [0.5, 0.6) is 0 Å². The fourth-order valence-electron chi connectivity index (χ4n) is 0.270. The highest BCUT2D eigenvalue weighted by Gasteiger charge is 2.02. The van der Waals surface area contributed by atoms with Gasteiger partial charge in [0.25, 0.3) is 0 Å². The van der Waals surface area contributed by atoms with Gasteiger partial charge in [0.15, 0.2) is 0 Å². The first kappa shape index (κ1) is 2.38. The van der Waals surface area contributed by atoms with E-state index in [1.807, 2.05) is 0 Å². The zero-order chi connectivity index (χ0) is 10.6. The van der Waals surface area contributed by atoms with Crippen molar-refractivity contribution in [1.82, 2.24) is 0 Å². The first-order valence-corrected chi connectivity index (χ1v) is 2.19. The largest absolute Gasteiger partial charge is 0.481 e. The molecule has 2 atom stereocenters. The van der Waals surface area contributed by atoms with Gasteiger partial charge in [-0.05, 0) is 5.92 Å². The smallest absolute Gasteiger partial charge is 0.303 e. The van der Waals surface area contributed by atoms with E-state index < -0.39 is 38.5 Å². The molecule has 0 aromatic carbocycles. The standard InChI is InChI=1S/C6H12O2/c1-3-5(2)4-6(7)8/h5H,3-4H2,1-2H3,(H,7,8)/t5-/m0/s1/i1D2,2D2,3D/t3-,5-. The third-order valence-corrected chi connectivity index (χ3v) is 0.658. The van der Waals surface area contributed by atoms with Crippen molar-refractivity contribution in [2.45, 2.75) is 26.6 Å². The Kier molecular flexibility index (Phi) is 1.03. The molecule has 48 valence electrons. The maximum Gasteiger partial charge on any atom is 0.303 e. The maximum absolute atomic E-state index is 10.3. The number of carbonyl (C=O) groups is 1. The summed E-state index contributed by atoms with van der Waals surface area (Å²) in [4.78, 5) is 10.3. The summed E-state index contributed by atoms with van der Waals surface area (Å²) in [5, 5.41) is 8.39. The zero-order valence-corrected chi connectivity index (χ0v) is 4.37. The van der Waals surface area contributed by atoms with E-state index >= 15 is 0 Å². The van der Waals surface area contributed by atoms with Crippen molar-refractivity contribution >= 4 is 5.97 Å². The molecule has 0 aliphatic carbocycles. The average Bonchev–Trinajstić information content (AvgIpc) is 1.97. The molecule has 0 aromatic rings. The van der Waals surface area contributed by atoms with Crippen molar-refractivity contribution in [3.8, 4) is 0 Å². The normalized spacial score (nSPS) is 27.0. The molecule has 1 N–H and O–H groups in total. The maximum atomic E-state index is 10.3. The first-order valence-electron chi connectivity index (χ1n) is 5.08. The van der Waals surface area contributed by atoms with E-state index in [0.29, 0.717) is 0 Å². The van der Waals surface area contributed by atoms with E-state index in [1.165, 1.54) is 0 Å². The molecule has 8 heavy (non-hydrogen) atoms. The van der Waals surface area contributed by atoms with Crippen LogP contribution in [0.15, 0.2) is 0 Å². The molecule has 0 radical (unpaired) electrons. The predicted octanol–water partition coefficient (Wildman–Crippen LogP) is 1.51. The summed E-state index contributed by atoms with van der Waals surface area (Å²) < 4.78 is 34.9. The number of carboxylic acids is 1. The fourth-order valence-corrected chi connectivity index (χ4v) is 0.270. The van der Waals surface area contributed by atoms with Crippen LogP contribution >= 0.6 is 0 Å².